The fraction of sp³-hybridized carbons (Fsp3) is 0.0870. The third-order valence-corrected chi connectivity index (χ3v) is 6.37. The zero-order valence-electron chi connectivity index (χ0n) is 15.8. The van der Waals surface area contributed by atoms with Crippen LogP contribution in [-0.4, -0.2) is 21.8 Å². The molecule has 7 heteroatoms. The first kappa shape index (κ1) is 20.5. The Morgan fingerprint density at radius 3 is 2.43 bits per heavy atom. The molecule has 1 unspecified atom stereocenters. The van der Waals surface area contributed by atoms with E-state index in [9.17, 15) is 14.7 Å². The Kier molecular flexibility index (Phi) is 5.58. The number of rotatable bonds is 3. The maximum absolute atomic E-state index is 13.1. The number of ketones is 1. The summed E-state index contributed by atoms with van der Waals surface area (Å²) in [5.41, 5.74) is 2.66. The van der Waals surface area contributed by atoms with Crippen LogP contribution in [-0.2, 0) is 9.59 Å². The van der Waals surface area contributed by atoms with Gasteiger partial charge >= 0.3 is 0 Å². The first-order valence-electron chi connectivity index (χ1n) is 9.11. The van der Waals surface area contributed by atoms with E-state index < -0.39 is 17.7 Å². The molecule has 150 valence electrons. The molecule has 0 bridgehead atoms. The van der Waals surface area contributed by atoms with Crippen LogP contribution < -0.4 is 4.90 Å². The molecule has 30 heavy (non-hydrogen) atoms. The summed E-state index contributed by atoms with van der Waals surface area (Å²) in [4.78, 5) is 31.6. The lowest BCUT2D eigenvalue weighted by molar-refractivity contribution is -0.132. The second kappa shape index (κ2) is 8.16. The number of Topliss-reactive ketones (excluding diaryl/α,β-unsaturated/α-hetero) is 1. The van der Waals surface area contributed by atoms with Gasteiger partial charge in [0.2, 0.25) is 0 Å². The second-order valence-corrected chi connectivity index (χ2v) is 8.66. The molecule has 2 heterocycles. The predicted molar refractivity (Wildman–Crippen MR) is 122 cm³/mol. The number of hydrogen-bond donors (Lipinski definition) is 1. The fourth-order valence-electron chi connectivity index (χ4n) is 3.53. The number of aryl methyl sites for hydroxylation is 1. The van der Waals surface area contributed by atoms with Gasteiger partial charge < -0.3 is 5.11 Å². The van der Waals surface area contributed by atoms with Gasteiger partial charge in [-0.05, 0) is 60.5 Å². The van der Waals surface area contributed by atoms with Crippen molar-refractivity contribution in [3.05, 3.63) is 98.2 Å². The summed E-state index contributed by atoms with van der Waals surface area (Å²) in [6.07, 6.45) is 3.19. The zero-order valence-corrected chi connectivity index (χ0v) is 19.0. The van der Waals surface area contributed by atoms with E-state index in [4.69, 9.17) is 0 Å². The third kappa shape index (κ3) is 3.59. The summed E-state index contributed by atoms with van der Waals surface area (Å²) in [5.74, 6) is -1.62. The molecule has 1 aliphatic heterocycles. The molecule has 1 amide bonds. The smallest absolute Gasteiger partial charge is 0.300 e. The lowest BCUT2D eigenvalue weighted by Crippen LogP contribution is -2.29. The molecule has 1 atom stereocenters. The minimum absolute atomic E-state index is 0.0490. The Labute approximate surface area is 190 Å². The Morgan fingerprint density at radius 1 is 1.03 bits per heavy atom. The number of nitrogens with zero attached hydrogens (tertiary/aromatic N) is 2. The summed E-state index contributed by atoms with van der Waals surface area (Å²) >= 11 is 6.86. The van der Waals surface area contributed by atoms with E-state index in [2.05, 4.69) is 36.8 Å². The molecule has 0 spiro atoms. The molecule has 1 fully saturated rings. The summed E-state index contributed by atoms with van der Waals surface area (Å²) in [6.45, 7) is 1.89. The van der Waals surface area contributed by atoms with Crippen LogP contribution in [0.25, 0.3) is 5.76 Å². The number of benzene rings is 2. The normalized spacial score (nSPS) is 18.1. The van der Waals surface area contributed by atoms with E-state index in [0.29, 0.717) is 16.8 Å². The number of carbonyl (C=O) groups excluding carboxylic acids is 2. The van der Waals surface area contributed by atoms with E-state index in [-0.39, 0.29) is 11.3 Å². The third-order valence-electron chi connectivity index (χ3n) is 4.98. The number of halogens is 2. The van der Waals surface area contributed by atoms with Crippen molar-refractivity contribution in [1.82, 2.24) is 4.98 Å². The molecule has 1 aliphatic rings. The molecule has 2 aromatic carbocycles. The molecule has 0 radical (unpaired) electrons. The van der Waals surface area contributed by atoms with Gasteiger partial charge in [-0.25, -0.2) is 0 Å². The standard InChI is InChI=1S/C23H16Br2N2O3/c1-13-11-15(5-6-18(13)25)21(28)19-20(14-7-9-26-10-8-14)27(23(30)22(19)29)17-4-2-3-16(24)12-17/h2-12,20,28H,1H3/b21-19+. The van der Waals surface area contributed by atoms with E-state index >= 15 is 0 Å². The number of hydrogen-bond acceptors (Lipinski definition) is 4. The molecule has 3 aromatic rings. The van der Waals surface area contributed by atoms with Crippen molar-refractivity contribution in [2.75, 3.05) is 4.90 Å². The highest BCUT2D eigenvalue weighted by Crippen LogP contribution is 2.42. The van der Waals surface area contributed by atoms with Crippen molar-refractivity contribution in [2.45, 2.75) is 13.0 Å². The topological polar surface area (TPSA) is 70.5 Å². The quantitative estimate of drug-likeness (QED) is 0.276. The molecule has 0 aliphatic carbocycles. The van der Waals surface area contributed by atoms with Crippen LogP contribution >= 0.6 is 31.9 Å². The zero-order chi connectivity index (χ0) is 21.4. The average Bonchev–Trinajstić information content (AvgIpc) is 3.01. The largest absolute Gasteiger partial charge is 0.507 e. The lowest BCUT2D eigenvalue weighted by Gasteiger charge is -2.25. The van der Waals surface area contributed by atoms with Gasteiger partial charge in [0.1, 0.15) is 5.76 Å². The van der Waals surface area contributed by atoms with E-state index in [0.717, 1.165) is 14.5 Å². The van der Waals surface area contributed by atoms with Gasteiger partial charge in [0, 0.05) is 32.6 Å². The number of carbonyl (C=O) groups is 2. The molecule has 1 saturated heterocycles. The van der Waals surface area contributed by atoms with Gasteiger partial charge in [-0.2, -0.15) is 0 Å². The maximum Gasteiger partial charge on any atom is 0.300 e. The molecule has 0 saturated carbocycles. The number of anilines is 1. The van der Waals surface area contributed by atoms with Crippen molar-refractivity contribution in [3.8, 4) is 0 Å². The molecule has 1 aromatic heterocycles. The first-order valence-corrected chi connectivity index (χ1v) is 10.7. The Morgan fingerprint density at radius 2 is 1.77 bits per heavy atom. The van der Waals surface area contributed by atoms with Crippen LogP contribution in [0.3, 0.4) is 0 Å². The van der Waals surface area contributed by atoms with E-state index in [1.165, 1.54) is 4.90 Å². The van der Waals surface area contributed by atoms with Crippen LogP contribution in [0.1, 0.15) is 22.7 Å². The van der Waals surface area contributed by atoms with Crippen molar-refractivity contribution in [3.63, 3.8) is 0 Å². The van der Waals surface area contributed by atoms with Crippen molar-refractivity contribution < 1.29 is 14.7 Å². The monoisotopic (exact) mass is 526 g/mol. The minimum atomic E-state index is -0.772. The van der Waals surface area contributed by atoms with Crippen LogP contribution in [0.4, 0.5) is 5.69 Å². The summed E-state index contributed by atoms with van der Waals surface area (Å²) < 4.78 is 1.67. The van der Waals surface area contributed by atoms with Gasteiger partial charge in [0.05, 0.1) is 11.6 Å². The van der Waals surface area contributed by atoms with Gasteiger partial charge in [-0.3, -0.25) is 19.5 Å². The highest BCUT2D eigenvalue weighted by Gasteiger charge is 2.47. The van der Waals surface area contributed by atoms with Crippen LogP contribution in [0.5, 0.6) is 0 Å². The Bertz CT molecular complexity index is 1190. The second-order valence-electron chi connectivity index (χ2n) is 6.89. The number of aliphatic hydroxyl groups excluding tert-OH is 1. The van der Waals surface area contributed by atoms with Gasteiger partial charge in [-0.15, -0.1) is 0 Å². The minimum Gasteiger partial charge on any atom is -0.507 e. The van der Waals surface area contributed by atoms with Gasteiger partial charge in [-0.1, -0.05) is 44.0 Å². The highest BCUT2D eigenvalue weighted by molar-refractivity contribution is 9.10. The van der Waals surface area contributed by atoms with Crippen molar-refractivity contribution in [2.24, 2.45) is 0 Å². The number of pyridine rings is 1. The van der Waals surface area contributed by atoms with Crippen LogP contribution in [0.2, 0.25) is 0 Å². The van der Waals surface area contributed by atoms with Crippen molar-refractivity contribution in [1.29, 1.82) is 0 Å². The van der Waals surface area contributed by atoms with Gasteiger partial charge in [0.25, 0.3) is 11.7 Å². The molecular formula is C23H16Br2N2O3. The molecule has 4 rings (SSSR count). The van der Waals surface area contributed by atoms with Crippen LogP contribution in [0.15, 0.2) is 81.5 Å². The number of aromatic nitrogens is 1. The predicted octanol–water partition coefficient (Wildman–Crippen LogP) is 5.54. The summed E-state index contributed by atoms with van der Waals surface area (Å²) in [6, 6.07) is 15.1. The van der Waals surface area contributed by atoms with E-state index in [1.807, 2.05) is 13.0 Å². The fourth-order valence-corrected chi connectivity index (χ4v) is 4.17. The Hall–Kier alpha value is -2.77. The van der Waals surface area contributed by atoms with Crippen molar-refractivity contribution >= 4 is 55.0 Å². The number of amides is 1. The lowest BCUT2D eigenvalue weighted by atomic mass is 9.95. The maximum atomic E-state index is 13.1. The molecule has 1 N–H and O–H groups in total. The molecule has 5 nitrogen and oxygen atoms in total. The van der Waals surface area contributed by atoms with Gasteiger partial charge in [0.15, 0.2) is 0 Å². The number of aliphatic hydroxyl groups is 1. The average molecular weight is 528 g/mol. The molecular weight excluding hydrogens is 512 g/mol. The first-order chi connectivity index (χ1) is 14.4. The summed E-state index contributed by atoms with van der Waals surface area (Å²) in [5, 5.41) is 11.1. The summed E-state index contributed by atoms with van der Waals surface area (Å²) in [7, 11) is 0. The van der Waals surface area contributed by atoms with E-state index in [1.54, 1.807) is 60.9 Å². The SMILES string of the molecule is Cc1cc(/C(O)=C2\C(=O)C(=O)N(c3cccc(Br)c3)C2c2ccncc2)ccc1Br. The Balaban J connectivity index is 1.95. The van der Waals surface area contributed by atoms with Crippen LogP contribution in [0, 0.1) is 6.92 Å². The highest BCUT2D eigenvalue weighted by atomic mass is 79.9.